The van der Waals surface area contributed by atoms with Crippen LogP contribution in [0.15, 0.2) is 60.0 Å². The van der Waals surface area contributed by atoms with Gasteiger partial charge in [0.05, 0.1) is 17.1 Å². The van der Waals surface area contributed by atoms with Crippen molar-refractivity contribution >= 4 is 34.1 Å². The molecule has 0 spiro atoms. The summed E-state index contributed by atoms with van der Waals surface area (Å²) >= 11 is 1.39. The number of aryl methyl sites for hydroxylation is 2. The Morgan fingerprint density at radius 1 is 0.968 bits per heavy atom. The van der Waals surface area contributed by atoms with Crippen LogP contribution in [0.2, 0.25) is 0 Å². The van der Waals surface area contributed by atoms with E-state index in [0.29, 0.717) is 16.5 Å². The van der Waals surface area contributed by atoms with Crippen molar-refractivity contribution in [3.63, 3.8) is 0 Å². The highest BCUT2D eigenvalue weighted by atomic mass is 32.1. The van der Waals surface area contributed by atoms with E-state index in [1.165, 1.54) is 18.3 Å². The molecule has 0 unspecified atom stereocenters. The van der Waals surface area contributed by atoms with Crippen LogP contribution in [-0.2, 0) is 4.79 Å². The Labute approximate surface area is 183 Å². The van der Waals surface area contributed by atoms with Crippen LogP contribution in [0, 0.1) is 13.8 Å². The number of rotatable bonds is 5. The first kappa shape index (κ1) is 20.5. The van der Waals surface area contributed by atoms with Gasteiger partial charge in [0.25, 0.3) is 5.91 Å². The van der Waals surface area contributed by atoms with E-state index in [1.807, 2.05) is 49.6 Å². The highest BCUT2D eigenvalue weighted by molar-refractivity contribution is 7.13. The third-order valence-corrected chi connectivity index (χ3v) is 5.51. The zero-order valence-corrected chi connectivity index (χ0v) is 18.2. The highest BCUT2D eigenvalue weighted by Gasteiger charge is 2.19. The first-order chi connectivity index (χ1) is 14.9. The van der Waals surface area contributed by atoms with Crippen LogP contribution >= 0.6 is 11.3 Å². The number of aromatic nitrogens is 3. The molecule has 2 amide bonds. The van der Waals surface area contributed by atoms with Gasteiger partial charge in [-0.25, -0.2) is 9.67 Å². The van der Waals surface area contributed by atoms with Crippen molar-refractivity contribution in [2.75, 3.05) is 10.6 Å². The van der Waals surface area contributed by atoms with Crippen LogP contribution in [0.4, 0.5) is 10.9 Å². The lowest BCUT2D eigenvalue weighted by atomic mass is 10.1. The third-order valence-electron chi connectivity index (χ3n) is 4.63. The van der Waals surface area contributed by atoms with Crippen molar-refractivity contribution in [1.29, 1.82) is 0 Å². The van der Waals surface area contributed by atoms with E-state index >= 15 is 0 Å². The first-order valence-corrected chi connectivity index (χ1v) is 10.6. The number of thiazole rings is 1. The van der Waals surface area contributed by atoms with Gasteiger partial charge in [-0.05, 0) is 43.7 Å². The topological polar surface area (TPSA) is 88.9 Å². The van der Waals surface area contributed by atoms with Gasteiger partial charge in [-0.2, -0.15) is 5.10 Å². The van der Waals surface area contributed by atoms with Crippen molar-refractivity contribution in [3.8, 4) is 16.8 Å². The van der Waals surface area contributed by atoms with Crippen molar-refractivity contribution in [3.05, 3.63) is 76.9 Å². The van der Waals surface area contributed by atoms with Crippen LogP contribution in [0.3, 0.4) is 0 Å². The predicted octanol–water partition coefficient (Wildman–Crippen LogP) is 4.82. The van der Waals surface area contributed by atoms with Gasteiger partial charge in [-0.15, -0.1) is 11.3 Å². The predicted molar refractivity (Wildman–Crippen MR) is 123 cm³/mol. The zero-order chi connectivity index (χ0) is 22.0. The molecule has 0 saturated heterocycles. The lowest BCUT2D eigenvalue weighted by Crippen LogP contribution is -2.13. The molecule has 2 aromatic heterocycles. The summed E-state index contributed by atoms with van der Waals surface area (Å²) in [6, 6.07) is 16.8. The van der Waals surface area contributed by atoms with Crippen LogP contribution in [-0.4, -0.2) is 26.6 Å². The molecule has 7 nitrogen and oxygen atoms in total. The summed E-state index contributed by atoms with van der Waals surface area (Å²) in [5.41, 5.74) is 4.71. The fourth-order valence-electron chi connectivity index (χ4n) is 3.28. The maximum absolute atomic E-state index is 12.5. The summed E-state index contributed by atoms with van der Waals surface area (Å²) in [7, 11) is 0. The lowest BCUT2D eigenvalue weighted by molar-refractivity contribution is -0.114. The number of hydrogen-bond donors (Lipinski definition) is 2. The Bertz CT molecular complexity index is 1240. The molecule has 0 aliphatic rings. The van der Waals surface area contributed by atoms with Crippen molar-refractivity contribution in [2.45, 2.75) is 20.8 Å². The summed E-state index contributed by atoms with van der Waals surface area (Å²) in [6.07, 6.45) is 0. The molecule has 0 atom stereocenters. The van der Waals surface area contributed by atoms with Gasteiger partial charge >= 0.3 is 0 Å². The standard InChI is InChI=1S/C23H21N5O2S/c1-14-13-31-23(24-14)26-22(30)18-9-11-19(12-10-18)28-21(25-16(3)29)20(15(2)27-28)17-7-5-4-6-8-17/h4-13H,1-3H3,(H,25,29)(H,24,26,30). The van der Waals surface area contributed by atoms with Crippen LogP contribution in [0.5, 0.6) is 0 Å². The second-order valence-corrected chi connectivity index (χ2v) is 7.92. The monoisotopic (exact) mass is 431 g/mol. The average Bonchev–Trinajstić information content (AvgIpc) is 3.30. The second-order valence-electron chi connectivity index (χ2n) is 7.06. The number of nitrogens with zero attached hydrogens (tertiary/aromatic N) is 3. The molecule has 0 aliphatic carbocycles. The van der Waals surface area contributed by atoms with Gasteiger partial charge in [0.1, 0.15) is 5.82 Å². The molecule has 4 rings (SSSR count). The number of benzene rings is 2. The molecule has 0 fully saturated rings. The molecule has 0 aliphatic heterocycles. The Morgan fingerprint density at radius 2 is 1.68 bits per heavy atom. The van der Waals surface area contributed by atoms with Gasteiger partial charge in [-0.1, -0.05) is 30.3 Å². The largest absolute Gasteiger partial charge is 0.310 e. The number of amides is 2. The fourth-order valence-corrected chi connectivity index (χ4v) is 3.96. The van der Waals surface area contributed by atoms with E-state index in [9.17, 15) is 9.59 Å². The molecule has 156 valence electrons. The van der Waals surface area contributed by atoms with Gasteiger partial charge in [0.2, 0.25) is 5.91 Å². The summed E-state index contributed by atoms with van der Waals surface area (Å²) in [5, 5.41) is 12.8. The minimum absolute atomic E-state index is 0.187. The minimum Gasteiger partial charge on any atom is -0.310 e. The second kappa shape index (κ2) is 8.53. The first-order valence-electron chi connectivity index (χ1n) is 9.69. The van der Waals surface area contributed by atoms with Gasteiger partial charge in [0, 0.05) is 23.4 Å². The Morgan fingerprint density at radius 3 is 2.29 bits per heavy atom. The third kappa shape index (κ3) is 4.39. The van der Waals surface area contributed by atoms with Crippen molar-refractivity contribution in [1.82, 2.24) is 14.8 Å². The number of anilines is 2. The number of hydrogen-bond acceptors (Lipinski definition) is 5. The normalized spacial score (nSPS) is 10.7. The highest BCUT2D eigenvalue weighted by Crippen LogP contribution is 2.33. The summed E-state index contributed by atoms with van der Waals surface area (Å²) < 4.78 is 1.69. The molecule has 8 heteroatoms. The van der Waals surface area contributed by atoms with E-state index in [1.54, 1.807) is 28.9 Å². The molecule has 0 bridgehead atoms. The number of nitrogens with one attached hydrogen (secondary N) is 2. The maximum Gasteiger partial charge on any atom is 0.257 e. The van der Waals surface area contributed by atoms with Crippen molar-refractivity contribution < 1.29 is 9.59 Å². The van der Waals surface area contributed by atoms with Crippen LogP contribution < -0.4 is 10.6 Å². The van der Waals surface area contributed by atoms with Crippen molar-refractivity contribution in [2.24, 2.45) is 0 Å². The van der Waals surface area contributed by atoms with Gasteiger partial charge in [-0.3, -0.25) is 14.9 Å². The fraction of sp³-hybridized carbons (Fsp3) is 0.130. The number of carbonyl (C=O) groups excluding carboxylic acids is 2. The zero-order valence-electron chi connectivity index (χ0n) is 17.3. The summed E-state index contributed by atoms with van der Waals surface area (Å²) in [6.45, 7) is 5.25. The molecule has 2 heterocycles. The van der Waals surface area contributed by atoms with E-state index in [2.05, 4.69) is 20.7 Å². The van der Waals surface area contributed by atoms with E-state index in [-0.39, 0.29) is 11.8 Å². The van der Waals surface area contributed by atoms with Gasteiger partial charge in [0.15, 0.2) is 5.13 Å². The molecular formula is C23H21N5O2S. The van der Waals surface area contributed by atoms with E-state index in [0.717, 1.165) is 28.2 Å². The SMILES string of the molecule is CC(=O)Nc1c(-c2ccccc2)c(C)nn1-c1ccc(C(=O)Nc2nc(C)cs2)cc1. The lowest BCUT2D eigenvalue weighted by Gasteiger charge is -2.11. The smallest absolute Gasteiger partial charge is 0.257 e. The van der Waals surface area contributed by atoms with Crippen LogP contribution in [0.1, 0.15) is 28.7 Å². The molecule has 4 aromatic rings. The van der Waals surface area contributed by atoms with E-state index in [4.69, 9.17) is 0 Å². The average molecular weight is 432 g/mol. The Balaban J connectivity index is 1.67. The molecule has 0 radical (unpaired) electrons. The Hall–Kier alpha value is -3.78. The molecule has 0 saturated carbocycles. The quantitative estimate of drug-likeness (QED) is 0.474. The van der Waals surface area contributed by atoms with E-state index < -0.39 is 0 Å². The molecule has 2 aromatic carbocycles. The summed E-state index contributed by atoms with van der Waals surface area (Å²) in [5.74, 6) is 0.171. The molecular weight excluding hydrogens is 410 g/mol. The molecule has 31 heavy (non-hydrogen) atoms. The summed E-state index contributed by atoms with van der Waals surface area (Å²) in [4.78, 5) is 28.7. The van der Waals surface area contributed by atoms with Gasteiger partial charge < -0.3 is 5.32 Å². The number of carbonyl (C=O) groups is 2. The maximum atomic E-state index is 12.5. The Kier molecular flexibility index (Phi) is 5.64. The molecule has 2 N–H and O–H groups in total. The minimum atomic E-state index is -0.232. The van der Waals surface area contributed by atoms with Crippen LogP contribution in [0.25, 0.3) is 16.8 Å².